The molecule has 0 aliphatic carbocycles. The second kappa shape index (κ2) is 6.15. The summed E-state index contributed by atoms with van der Waals surface area (Å²) in [6.45, 7) is 1.45. The molecule has 0 bridgehead atoms. The quantitative estimate of drug-likeness (QED) is 0.846. The maximum absolute atomic E-state index is 14.2. The van der Waals surface area contributed by atoms with Crippen LogP contribution in [0, 0.1) is 5.82 Å². The molecule has 20 heavy (non-hydrogen) atoms. The zero-order valence-electron chi connectivity index (χ0n) is 11.0. The molecule has 110 valence electrons. The van der Waals surface area contributed by atoms with E-state index in [1.165, 1.54) is 0 Å². The maximum atomic E-state index is 14.2. The van der Waals surface area contributed by atoms with Crippen molar-refractivity contribution in [1.29, 1.82) is 0 Å². The number of benzene rings is 1. The summed E-state index contributed by atoms with van der Waals surface area (Å²) in [6, 6.07) is 4.94. The van der Waals surface area contributed by atoms with Gasteiger partial charge < -0.3 is 5.73 Å². The minimum Gasteiger partial charge on any atom is -0.389 e. The minimum absolute atomic E-state index is 0.0304. The van der Waals surface area contributed by atoms with Crippen molar-refractivity contribution in [3.8, 4) is 0 Å². The number of sulfone groups is 1. The molecule has 1 aromatic rings. The van der Waals surface area contributed by atoms with Gasteiger partial charge in [0.05, 0.1) is 11.5 Å². The van der Waals surface area contributed by atoms with Gasteiger partial charge in [-0.05, 0) is 19.0 Å². The van der Waals surface area contributed by atoms with E-state index in [-0.39, 0.29) is 22.1 Å². The van der Waals surface area contributed by atoms with Gasteiger partial charge in [0.1, 0.15) is 10.8 Å². The second-order valence-electron chi connectivity index (χ2n) is 4.92. The molecule has 1 heterocycles. The van der Waals surface area contributed by atoms with Crippen LogP contribution < -0.4 is 5.73 Å². The molecule has 1 aromatic carbocycles. The molecule has 7 heteroatoms. The molecule has 1 fully saturated rings. The van der Waals surface area contributed by atoms with Gasteiger partial charge in [0.2, 0.25) is 0 Å². The van der Waals surface area contributed by atoms with E-state index in [4.69, 9.17) is 18.0 Å². The van der Waals surface area contributed by atoms with Crippen LogP contribution in [0.15, 0.2) is 18.2 Å². The fourth-order valence-corrected chi connectivity index (χ4v) is 3.75. The number of hydrogen-bond donors (Lipinski definition) is 1. The van der Waals surface area contributed by atoms with Crippen molar-refractivity contribution < 1.29 is 12.8 Å². The molecule has 0 atom stereocenters. The van der Waals surface area contributed by atoms with Crippen molar-refractivity contribution in [2.75, 3.05) is 24.6 Å². The molecule has 0 aromatic heterocycles. The Kier molecular flexibility index (Phi) is 4.72. The van der Waals surface area contributed by atoms with E-state index in [0.29, 0.717) is 31.6 Å². The Morgan fingerprint density at radius 2 is 2.10 bits per heavy atom. The van der Waals surface area contributed by atoms with Crippen molar-refractivity contribution in [3.05, 3.63) is 35.1 Å². The van der Waals surface area contributed by atoms with E-state index in [1.807, 2.05) is 4.90 Å². The first-order valence-electron chi connectivity index (χ1n) is 6.39. The van der Waals surface area contributed by atoms with Crippen LogP contribution in [-0.2, 0) is 16.4 Å². The summed E-state index contributed by atoms with van der Waals surface area (Å²) < 4.78 is 37.3. The molecule has 0 radical (unpaired) electrons. The highest BCUT2D eigenvalue weighted by molar-refractivity contribution is 7.91. The van der Waals surface area contributed by atoms with Crippen molar-refractivity contribution >= 4 is 27.0 Å². The topological polar surface area (TPSA) is 63.4 Å². The Bertz CT molecular complexity index is 617. The minimum atomic E-state index is -2.95. The Labute approximate surface area is 123 Å². The van der Waals surface area contributed by atoms with E-state index in [1.54, 1.807) is 18.2 Å². The van der Waals surface area contributed by atoms with Crippen LogP contribution in [0.2, 0.25) is 0 Å². The molecule has 4 nitrogen and oxygen atoms in total. The molecule has 0 amide bonds. The first-order chi connectivity index (χ1) is 9.39. The largest absolute Gasteiger partial charge is 0.389 e. The van der Waals surface area contributed by atoms with E-state index in [2.05, 4.69) is 0 Å². The van der Waals surface area contributed by atoms with Gasteiger partial charge in [-0.3, -0.25) is 4.90 Å². The number of thiocarbonyl (C=S) groups is 1. The van der Waals surface area contributed by atoms with E-state index >= 15 is 0 Å². The number of hydrogen-bond acceptors (Lipinski definition) is 4. The maximum Gasteiger partial charge on any atom is 0.151 e. The number of rotatable bonds is 3. The molecule has 2 rings (SSSR count). The van der Waals surface area contributed by atoms with Crippen molar-refractivity contribution in [2.24, 2.45) is 5.73 Å². The Morgan fingerprint density at radius 3 is 2.80 bits per heavy atom. The number of nitrogens with two attached hydrogens (primary N) is 1. The molecule has 0 saturated carbocycles. The van der Waals surface area contributed by atoms with E-state index in [0.717, 1.165) is 0 Å². The molecule has 0 spiro atoms. The second-order valence-corrected chi connectivity index (χ2v) is 7.67. The molecular formula is C13H17FN2O2S2. The summed E-state index contributed by atoms with van der Waals surface area (Å²) in [5.41, 5.74) is 6.21. The third kappa shape index (κ3) is 3.74. The Hall–Kier alpha value is -1.05. The summed E-state index contributed by atoms with van der Waals surface area (Å²) in [4.78, 5) is 1.98. The average Bonchev–Trinajstić information content (AvgIpc) is 2.53. The predicted octanol–water partition coefficient (Wildman–Crippen LogP) is 1.08. The van der Waals surface area contributed by atoms with Crippen LogP contribution in [0.1, 0.15) is 17.5 Å². The van der Waals surface area contributed by atoms with Crippen LogP contribution in [-0.4, -0.2) is 42.9 Å². The Morgan fingerprint density at radius 1 is 1.35 bits per heavy atom. The zero-order chi connectivity index (χ0) is 14.8. The predicted molar refractivity (Wildman–Crippen MR) is 80.8 cm³/mol. The molecule has 0 unspecified atom stereocenters. The first kappa shape index (κ1) is 15.3. The standard InChI is InChI=1S/C13H17FN2O2S2/c14-12-10(3-1-4-11(12)13(15)19)9-16-5-2-7-20(17,18)8-6-16/h1,3-4H,2,5-9H2,(H2,15,19). The molecule has 2 N–H and O–H groups in total. The smallest absolute Gasteiger partial charge is 0.151 e. The lowest BCUT2D eigenvalue weighted by Crippen LogP contribution is -2.27. The van der Waals surface area contributed by atoms with Crippen LogP contribution in [0.5, 0.6) is 0 Å². The van der Waals surface area contributed by atoms with Gasteiger partial charge in [-0.25, -0.2) is 12.8 Å². The van der Waals surface area contributed by atoms with Crippen LogP contribution in [0.3, 0.4) is 0 Å². The number of nitrogens with zero attached hydrogens (tertiary/aromatic N) is 1. The van der Waals surface area contributed by atoms with Gasteiger partial charge in [0.15, 0.2) is 9.84 Å². The van der Waals surface area contributed by atoms with Gasteiger partial charge in [-0.15, -0.1) is 0 Å². The zero-order valence-corrected chi connectivity index (χ0v) is 12.6. The van der Waals surface area contributed by atoms with Crippen LogP contribution in [0.25, 0.3) is 0 Å². The molecular weight excluding hydrogens is 299 g/mol. The van der Waals surface area contributed by atoms with Gasteiger partial charge in [0.25, 0.3) is 0 Å². The van der Waals surface area contributed by atoms with Gasteiger partial charge in [0, 0.05) is 24.2 Å². The third-order valence-corrected chi connectivity index (χ3v) is 5.32. The fraction of sp³-hybridized carbons (Fsp3) is 0.462. The molecule has 1 saturated heterocycles. The van der Waals surface area contributed by atoms with Crippen LogP contribution >= 0.6 is 12.2 Å². The summed E-state index contributed by atoms with van der Waals surface area (Å²) >= 11 is 4.81. The number of halogens is 1. The van der Waals surface area contributed by atoms with Gasteiger partial charge >= 0.3 is 0 Å². The molecule has 1 aliphatic rings. The Balaban J connectivity index is 2.14. The molecule has 1 aliphatic heterocycles. The summed E-state index contributed by atoms with van der Waals surface area (Å²) in [6.07, 6.45) is 0.582. The van der Waals surface area contributed by atoms with Gasteiger partial charge in [-0.2, -0.15) is 0 Å². The average molecular weight is 316 g/mol. The third-order valence-electron chi connectivity index (χ3n) is 3.39. The van der Waals surface area contributed by atoms with Crippen molar-refractivity contribution in [2.45, 2.75) is 13.0 Å². The highest BCUT2D eigenvalue weighted by atomic mass is 32.2. The van der Waals surface area contributed by atoms with Crippen LogP contribution in [0.4, 0.5) is 4.39 Å². The van der Waals surface area contributed by atoms with Crippen molar-refractivity contribution in [1.82, 2.24) is 4.90 Å². The van der Waals surface area contributed by atoms with Crippen molar-refractivity contribution in [3.63, 3.8) is 0 Å². The highest BCUT2D eigenvalue weighted by Crippen LogP contribution is 2.16. The summed E-state index contributed by atoms with van der Waals surface area (Å²) in [7, 11) is -2.95. The monoisotopic (exact) mass is 316 g/mol. The normalized spacial score (nSPS) is 19.4. The SMILES string of the molecule is NC(=S)c1cccc(CN2CCCS(=O)(=O)CC2)c1F. The van der Waals surface area contributed by atoms with E-state index in [9.17, 15) is 12.8 Å². The lowest BCUT2D eigenvalue weighted by molar-refractivity contribution is 0.283. The lowest BCUT2D eigenvalue weighted by Gasteiger charge is -2.20. The fourth-order valence-electron chi connectivity index (χ4n) is 2.28. The first-order valence-corrected chi connectivity index (χ1v) is 8.62. The summed E-state index contributed by atoms with van der Waals surface area (Å²) in [5, 5.41) is 0. The van der Waals surface area contributed by atoms with Gasteiger partial charge in [-0.1, -0.05) is 24.4 Å². The van der Waals surface area contributed by atoms with E-state index < -0.39 is 15.7 Å². The lowest BCUT2D eigenvalue weighted by atomic mass is 10.1. The highest BCUT2D eigenvalue weighted by Gasteiger charge is 2.20. The summed E-state index contributed by atoms with van der Waals surface area (Å²) in [5.74, 6) is -0.0743.